The van der Waals surface area contributed by atoms with Gasteiger partial charge in [-0.15, -0.1) is 24.8 Å². The third-order valence-corrected chi connectivity index (χ3v) is 6.08. The standard InChI is InChI=1S/C19H22ClN3O3.2ClH/c20-15-8-17-16(25-12-26-17)7-14(15)18-22-5-6-23(18)10-13-9-19(11-24-13)1-3-21-4-2-19;;/h5-8,13,21H,1-4,9-12H2;2*1H. The predicted molar refractivity (Wildman–Crippen MR) is 112 cm³/mol. The normalized spacial score (nSPS) is 22.0. The van der Waals surface area contributed by atoms with Crippen molar-refractivity contribution in [3.05, 3.63) is 29.5 Å². The molecule has 3 aliphatic rings. The Morgan fingerprint density at radius 2 is 1.93 bits per heavy atom. The second kappa shape index (κ2) is 8.67. The molecule has 1 unspecified atom stereocenters. The summed E-state index contributed by atoms with van der Waals surface area (Å²) < 4.78 is 19.2. The van der Waals surface area contributed by atoms with Crippen molar-refractivity contribution in [2.75, 3.05) is 26.5 Å². The molecule has 9 heteroatoms. The number of imidazole rings is 1. The number of benzene rings is 1. The minimum Gasteiger partial charge on any atom is -0.454 e. The van der Waals surface area contributed by atoms with Gasteiger partial charge in [-0.05, 0) is 43.8 Å². The summed E-state index contributed by atoms with van der Waals surface area (Å²) in [5, 5.41) is 4.06. The molecule has 1 atom stereocenters. The zero-order valence-electron chi connectivity index (χ0n) is 15.4. The summed E-state index contributed by atoms with van der Waals surface area (Å²) in [5.41, 5.74) is 1.21. The average Bonchev–Trinajstić information content (AvgIpc) is 3.36. The van der Waals surface area contributed by atoms with Crippen LogP contribution in [0.15, 0.2) is 24.5 Å². The van der Waals surface area contributed by atoms with Gasteiger partial charge in [-0.3, -0.25) is 0 Å². The first-order valence-electron chi connectivity index (χ1n) is 9.15. The van der Waals surface area contributed by atoms with Gasteiger partial charge in [0.1, 0.15) is 5.82 Å². The van der Waals surface area contributed by atoms with Gasteiger partial charge in [-0.25, -0.2) is 4.98 Å². The second-order valence-corrected chi connectivity index (χ2v) is 7.88. The topological polar surface area (TPSA) is 57.5 Å². The van der Waals surface area contributed by atoms with Crippen LogP contribution in [-0.4, -0.2) is 42.1 Å². The molecular weight excluding hydrogens is 425 g/mol. The van der Waals surface area contributed by atoms with E-state index in [1.807, 2.05) is 18.5 Å². The average molecular weight is 449 g/mol. The molecular formula is C19H24Cl3N3O3. The summed E-state index contributed by atoms with van der Waals surface area (Å²) in [6.07, 6.45) is 7.54. The first kappa shape index (κ1) is 21.5. The van der Waals surface area contributed by atoms with Crippen LogP contribution >= 0.6 is 36.4 Å². The Morgan fingerprint density at radius 3 is 2.71 bits per heavy atom. The number of nitrogens with one attached hydrogen (secondary N) is 1. The van der Waals surface area contributed by atoms with Gasteiger partial charge >= 0.3 is 0 Å². The predicted octanol–water partition coefficient (Wildman–Crippen LogP) is 3.93. The number of ether oxygens (including phenoxy) is 3. The highest BCUT2D eigenvalue weighted by Crippen LogP contribution is 2.42. The lowest BCUT2D eigenvalue weighted by molar-refractivity contribution is 0.0778. The van der Waals surface area contributed by atoms with Crippen LogP contribution in [0.3, 0.4) is 0 Å². The molecule has 4 heterocycles. The molecule has 2 saturated heterocycles. The lowest BCUT2D eigenvalue weighted by Gasteiger charge is -2.32. The number of halogens is 3. The summed E-state index contributed by atoms with van der Waals surface area (Å²) in [6, 6.07) is 3.71. The van der Waals surface area contributed by atoms with E-state index < -0.39 is 0 Å². The third kappa shape index (κ3) is 3.94. The molecule has 5 rings (SSSR count). The second-order valence-electron chi connectivity index (χ2n) is 7.48. The maximum Gasteiger partial charge on any atom is 0.231 e. The van der Waals surface area contributed by atoms with Gasteiger partial charge in [0.25, 0.3) is 0 Å². The van der Waals surface area contributed by atoms with E-state index in [1.54, 1.807) is 6.07 Å². The number of rotatable bonds is 3. The maximum atomic E-state index is 6.48. The van der Waals surface area contributed by atoms with E-state index in [2.05, 4.69) is 14.9 Å². The van der Waals surface area contributed by atoms with Crippen LogP contribution in [0.5, 0.6) is 11.5 Å². The maximum absolute atomic E-state index is 6.48. The fourth-order valence-corrected chi connectivity index (χ4v) is 4.57. The first-order valence-corrected chi connectivity index (χ1v) is 9.53. The molecule has 2 aromatic rings. The molecule has 28 heavy (non-hydrogen) atoms. The Balaban J connectivity index is 0.00000112. The van der Waals surface area contributed by atoms with Gasteiger partial charge in [0.2, 0.25) is 6.79 Å². The Morgan fingerprint density at radius 1 is 1.18 bits per heavy atom. The molecule has 1 aromatic carbocycles. The van der Waals surface area contributed by atoms with Crippen LogP contribution in [0.1, 0.15) is 19.3 Å². The molecule has 1 aromatic heterocycles. The summed E-state index contributed by atoms with van der Waals surface area (Å²) in [7, 11) is 0. The van der Waals surface area contributed by atoms with Crippen molar-refractivity contribution in [1.29, 1.82) is 0 Å². The molecule has 1 N–H and O–H groups in total. The van der Waals surface area contributed by atoms with E-state index in [0.29, 0.717) is 21.9 Å². The van der Waals surface area contributed by atoms with Gasteiger partial charge < -0.3 is 24.1 Å². The summed E-state index contributed by atoms with van der Waals surface area (Å²) in [4.78, 5) is 4.54. The number of fused-ring (bicyclic) bond motifs is 1. The van der Waals surface area contributed by atoms with Crippen LogP contribution in [0.2, 0.25) is 5.02 Å². The van der Waals surface area contributed by atoms with E-state index in [9.17, 15) is 0 Å². The van der Waals surface area contributed by atoms with E-state index in [-0.39, 0.29) is 37.7 Å². The zero-order chi connectivity index (χ0) is 17.6. The summed E-state index contributed by atoms with van der Waals surface area (Å²) in [5.74, 6) is 2.23. The Hall–Kier alpha value is -1.18. The van der Waals surface area contributed by atoms with Crippen molar-refractivity contribution in [3.63, 3.8) is 0 Å². The third-order valence-electron chi connectivity index (χ3n) is 5.77. The van der Waals surface area contributed by atoms with Crippen LogP contribution in [0.4, 0.5) is 0 Å². The van der Waals surface area contributed by atoms with Crippen LogP contribution in [0.25, 0.3) is 11.4 Å². The van der Waals surface area contributed by atoms with E-state index in [0.717, 1.165) is 44.0 Å². The molecule has 0 aliphatic carbocycles. The van der Waals surface area contributed by atoms with Crippen molar-refractivity contribution in [2.24, 2.45) is 5.41 Å². The summed E-state index contributed by atoms with van der Waals surface area (Å²) in [6.45, 7) is 4.08. The Labute approximate surface area is 181 Å². The largest absolute Gasteiger partial charge is 0.454 e. The zero-order valence-corrected chi connectivity index (χ0v) is 17.7. The SMILES string of the molecule is Cl.Cl.Clc1cc2c(cc1-c1nccn1CC1CC3(CCNCC3)CO1)OCO2. The molecule has 1 spiro atoms. The van der Waals surface area contributed by atoms with E-state index in [4.69, 9.17) is 25.8 Å². The first-order chi connectivity index (χ1) is 12.7. The summed E-state index contributed by atoms with van der Waals surface area (Å²) >= 11 is 6.48. The monoisotopic (exact) mass is 447 g/mol. The van der Waals surface area contributed by atoms with Crippen LogP contribution < -0.4 is 14.8 Å². The van der Waals surface area contributed by atoms with Crippen molar-refractivity contribution >= 4 is 36.4 Å². The molecule has 154 valence electrons. The highest BCUT2D eigenvalue weighted by atomic mass is 35.5. The molecule has 2 fully saturated rings. The van der Waals surface area contributed by atoms with Crippen molar-refractivity contribution in [2.45, 2.75) is 31.9 Å². The van der Waals surface area contributed by atoms with Gasteiger partial charge in [0.05, 0.1) is 24.3 Å². The van der Waals surface area contributed by atoms with E-state index >= 15 is 0 Å². The smallest absolute Gasteiger partial charge is 0.231 e. The van der Waals surface area contributed by atoms with Crippen molar-refractivity contribution < 1.29 is 14.2 Å². The highest BCUT2D eigenvalue weighted by Gasteiger charge is 2.41. The Kier molecular flexibility index (Phi) is 6.67. The number of hydrogen-bond donors (Lipinski definition) is 1. The van der Waals surface area contributed by atoms with Gasteiger partial charge in [-0.1, -0.05) is 11.6 Å². The fraction of sp³-hybridized carbons (Fsp3) is 0.526. The lowest BCUT2D eigenvalue weighted by atomic mass is 9.77. The number of aromatic nitrogens is 2. The molecule has 0 bridgehead atoms. The molecule has 3 aliphatic heterocycles. The number of piperidine rings is 1. The highest BCUT2D eigenvalue weighted by molar-refractivity contribution is 6.33. The molecule has 0 saturated carbocycles. The minimum absolute atomic E-state index is 0. The van der Waals surface area contributed by atoms with E-state index in [1.165, 1.54) is 12.8 Å². The quantitative estimate of drug-likeness (QED) is 0.771. The van der Waals surface area contributed by atoms with Gasteiger partial charge in [0.15, 0.2) is 11.5 Å². The minimum atomic E-state index is 0. The molecule has 6 nitrogen and oxygen atoms in total. The van der Waals surface area contributed by atoms with Gasteiger partial charge in [0, 0.05) is 24.0 Å². The number of nitrogens with zero attached hydrogens (tertiary/aromatic N) is 2. The van der Waals surface area contributed by atoms with Crippen LogP contribution in [0, 0.1) is 5.41 Å². The van der Waals surface area contributed by atoms with Crippen LogP contribution in [-0.2, 0) is 11.3 Å². The fourth-order valence-electron chi connectivity index (χ4n) is 4.33. The van der Waals surface area contributed by atoms with Crippen molar-refractivity contribution in [3.8, 4) is 22.9 Å². The van der Waals surface area contributed by atoms with Gasteiger partial charge in [-0.2, -0.15) is 0 Å². The molecule has 0 amide bonds. The number of hydrogen-bond acceptors (Lipinski definition) is 5. The van der Waals surface area contributed by atoms with Crippen molar-refractivity contribution in [1.82, 2.24) is 14.9 Å². The Bertz CT molecular complexity index is 824. The molecule has 0 radical (unpaired) electrons. The lowest BCUT2D eigenvalue weighted by Crippen LogP contribution is -2.37.